The first kappa shape index (κ1) is 12.1. The van der Waals surface area contributed by atoms with Crippen molar-refractivity contribution in [2.45, 2.75) is 33.0 Å². The zero-order valence-electron chi connectivity index (χ0n) is 9.93. The summed E-state index contributed by atoms with van der Waals surface area (Å²) in [5.74, 6) is 0. The molecule has 0 amide bonds. The van der Waals surface area contributed by atoms with E-state index in [4.69, 9.17) is 0 Å². The minimum absolute atomic E-state index is 0.00624. The van der Waals surface area contributed by atoms with E-state index in [1.54, 1.807) is 0 Å². The second-order valence-electron chi connectivity index (χ2n) is 3.91. The molecule has 1 atom stereocenters. The van der Waals surface area contributed by atoms with Gasteiger partial charge in [-0.05, 0) is 13.8 Å². The molecule has 0 radical (unpaired) electrons. The lowest BCUT2D eigenvalue weighted by Crippen LogP contribution is -2.18. The molecule has 2 N–H and O–H groups in total. The zero-order chi connectivity index (χ0) is 12.3. The molecule has 0 spiro atoms. The van der Waals surface area contributed by atoms with Crippen molar-refractivity contribution in [1.82, 2.24) is 20.1 Å². The zero-order valence-corrected chi connectivity index (χ0v) is 10.8. The Bertz CT molecular complexity index is 527. The molecule has 0 aliphatic carbocycles. The highest BCUT2D eigenvalue weighted by Crippen LogP contribution is 2.11. The summed E-state index contributed by atoms with van der Waals surface area (Å²) in [4.78, 5) is 13.7. The average Bonchev–Trinajstić information content (AvgIpc) is 2.94. The Kier molecular flexibility index (Phi) is 3.75. The Hall–Kier alpha value is -1.40. The van der Waals surface area contributed by atoms with Gasteiger partial charge in [0.2, 0.25) is 0 Å². The van der Waals surface area contributed by atoms with Gasteiger partial charge in [0.05, 0.1) is 6.20 Å². The van der Waals surface area contributed by atoms with Crippen LogP contribution in [0.5, 0.6) is 0 Å². The summed E-state index contributed by atoms with van der Waals surface area (Å²) in [7, 11) is 0. The van der Waals surface area contributed by atoms with Crippen LogP contribution in [-0.4, -0.2) is 14.8 Å². The maximum Gasteiger partial charge on any atom is 0.304 e. The number of aromatic nitrogens is 3. The van der Waals surface area contributed by atoms with Gasteiger partial charge in [-0.2, -0.15) is 5.10 Å². The van der Waals surface area contributed by atoms with Crippen molar-refractivity contribution in [2.24, 2.45) is 0 Å². The smallest absolute Gasteiger partial charge is 0.304 e. The first-order chi connectivity index (χ1) is 8.19. The summed E-state index contributed by atoms with van der Waals surface area (Å²) >= 11 is 1.19. The van der Waals surface area contributed by atoms with E-state index in [0.29, 0.717) is 6.54 Å². The number of aryl methyl sites for hydroxylation is 1. The maximum absolute atomic E-state index is 11.0. The van der Waals surface area contributed by atoms with Gasteiger partial charge in [-0.3, -0.25) is 9.48 Å². The normalized spacial score (nSPS) is 12.8. The minimum Gasteiger partial charge on any atom is -0.315 e. The van der Waals surface area contributed by atoms with Crippen LogP contribution in [0.2, 0.25) is 0 Å². The van der Waals surface area contributed by atoms with E-state index >= 15 is 0 Å². The first-order valence-corrected chi connectivity index (χ1v) is 6.49. The molecule has 6 heteroatoms. The molecular weight excluding hydrogens is 236 g/mol. The molecule has 0 aliphatic rings. The Morgan fingerprint density at radius 2 is 2.47 bits per heavy atom. The average molecular weight is 252 g/mol. The second kappa shape index (κ2) is 5.29. The van der Waals surface area contributed by atoms with Crippen LogP contribution in [0.3, 0.4) is 0 Å². The predicted molar refractivity (Wildman–Crippen MR) is 68.1 cm³/mol. The number of H-pyrrole nitrogens is 1. The number of rotatable bonds is 5. The Labute approximate surface area is 103 Å². The third-order valence-electron chi connectivity index (χ3n) is 2.65. The minimum atomic E-state index is -0.00624. The summed E-state index contributed by atoms with van der Waals surface area (Å²) < 4.78 is 1.90. The molecule has 5 nitrogen and oxygen atoms in total. The Morgan fingerprint density at radius 1 is 1.65 bits per heavy atom. The molecule has 2 rings (SSSR count). The third-order valence-corrected chi connectivity index (χ3v) is 3.37. The summed E-state index contributed by atoms with van der Waals surface area (Å²) in [6, 6.07) is 0.221. The monoisotopic (exact) mass is 252 g/mol. The molecule has 0 aromatic carbocycles. The van der Waals surface area contributed by atoms with Crippen molar-refractivity contribution >= 4 is 11.3 Å². The van der Waals surface area contributed by atoms with Crippen LogP contribution in [0.4, 0.5) is 0 Å². The largest absolute Gasteiger partial charge is 0.315 e. The second-order valence-corrected chi connectivity index (χ2v) is 4.75. The van der Waals surface area contributed by atoms with Crippen molar-refractivity contribution < 1.29 is 0 Å². The van der Waals surface area contributed by atoms with Crippen LogP contribution in [0, 0.1) is 0 Å². The van der Waals surface area contributed by atoms with E-state index in [9.17, 15) is 4.79 Å². The van der Waals surface area contributed by atoms with Crippen molar-refractivity contribution in [3.05, 3.63) is 38.7 Å². The number of hydrogen-bond donors (Lipinski definition) is 2. The molecule has 2 heterocycles. The fourth-order valence-electron chi connectivity index (χ4n) is 1.56. The predicted octanol–water partition coefficient (Wildman–Crippen LogP) is 1.50. The van der Waals surface area contributed by atoms with Crippen LogP contribution >= 0.6 is 11.3 Å². The number of nitrogens with one attached hydrogen (secondary N) is 2. The van der Waals surface area contributed by atoms with Gasteiger partial charge in [0.1, 0.15) is 0 Å². The molecule has 0 saturated carbocycles. The number of hydrogen-bond acceptors (Lipinski definition) is 4. The molecular formula is C11H16N4OS. The standard InChI is InChI=1S/C11H16N4OS/c1-3-15-6-9(4-13-15)8(2)12-5-10-7-17-11(16)14-10/h4,6-8,12H,3,5H2,1-2H3,(H,14,16). The Balaban J connectivity index is 1.92. The summed E-state index contributed by atoms with van der Waals surface area (Å²) in [5, 5.41) is 9.43. The molecule has 0 aliphatic heterocycles. The molecule has 2 aromatic heterocycles. The van der Waals surface area contributed by atoms with Gasteiger partial charge in [0.15, 0.2) is 0 Å². The van der Waals surface area contributed by atoms with E-state index in [2.05, 4.69) is 29.2 Å². The Morgan fingerprint density at radius 3 is 3.06 bits per heavy atom. The van der Waals surface area contributed by atoms with E-state index in [1.807, 2.05) is 22.5 Å². The molecule has 92 valence electrons. The summed E-state index contributed by atoms with van der Waals surface area (Å²) in [6.07, 6.45) is 3.91. The van der Waals surface area contributed by atoms with Crippen molar-refractivity contribution in [1.29, 1.82) is 0 Å². The fourth-order valence-corrected chi connectivity index (χ4v) is 2.14. The van der Waals surface area contributed by atoms with Gasteiger partial charge < -0.3 is 10.3 Å². The molecule has 0 saturated heterocycles. The van der Waals surface area contributed by atoms with Crippen LogP contribution in [0.25, 0.3) is 0 Å². The highest BCUT2D eigenvalue weighted by molar-refractivity contribution is 7.07. The van der Waals surface area contributed by atoms with E-state index in [0.717, 1.165) is 17.8 Å². The third kappa shape index (κ3) is 3.04. The highest BCUT2D eigenvalue weighted by atomic mass is 32.1. The van der Waals surface area contributed by atoms with Crippen molar-refractivity contribution in [2.75, 3.05) is 0 Å². The van der Waals surface area contributed by atoms with Crippen molar-refractivity contribution in [3.63, 3.8) is 0 Å². The summed E-state index contributed by atoms with van der Waals surface area (Å²) in [5.41, 5.74) is 2.08. The van der Waals surface area contributed by atoms with Crippen LogP contribution < -0.4 is 10.2 Å². The number of nitrogens with zero attached hydrogens (tertiary/aromatic N) is 2. The summed E-state index contributed by atoms with van der Waals surface area (Å²) in [6.45, 7) is 5.69. The van der Waals surface area contributed by atoms with Crippen LogP contribution in [-0.2, 0) is 13.1 Å². The van der Waals surface area contributed by atoms with Crippen LogP contribution in [0.1, 0.15) is 31.1 Å². The lowest BCUT2D eigenvalue weighted by molar-refractivity contribution is 0.567. The van der Waals surface area contributed by atoms with Gasteiger partial charge >= 0.3 is 4.87 Å². The topological polar surface area (TPSA) is 62.7 Å². The maximum atomic E-state index is 11.0. The van der Waals surface area contributed by atoms with Gasteiger partial charge in [-0.1, -0.05) is 11.3 Å². The molecule has 0 fully saturated rings. The fraction of sp³-hybridized carbons (Fsp3) is 0.455. The van der Waals surface area contributed by atoms with Crippen molar-refractivity contribution in [3.8, 4) is 0 Å². The molecule has 0 bridgehead atoms. The quantitative estimate of drug-likeness (QED) is 0.847. The lowest BCUT2D eigenvalue weighted by atomic mass is 10.2. The van der Waals surface area contributed by atoms with E-state index in [1.165, 1.54) is 11.3 Å². The number of thiazole rings is 1. The molecule has 17 heavy (non-hydrogen) atoms. The van der Waals surface area contributed by atoms with Crippen LogP contribution in [0.15, 0.2) is 22.6 Å². The van der Waals surface area contributed by atoms with Gasteiger partial charge in [0, 0.05) is 42.0 Å². The lowest BCUT2D eigenvalue weighted by Gasteiger charge is -2.10. The highest BCUT2D eigenvalue weighted by Gasteiger charge is 2.07. The SMILES string of the molecule is CCn1cc(C(C)NCc2csc(=O)[nH]2)cn1. The molecule has 1 unspecified atom stereocenters. The van der Waals surface area contributed by atoms with Gasteiger partial charge in [0.25, 0.3) is 0 Å². The number of aromatic amines is 1. The van der Waals surface area contributed by atoms with Gasteiger partial charge in [-0.25, -0.2) is 0 Å². The van der Waals surface area contributed by atoms with E-state index < -0.39 is 0 Å². The first-order valence-electron chi connectivity index (χ1n) is 5.61. The molecule has 2 aromatic rings. The van der Waals surface area contributed by atoms with Gasteiger partial charge in [-0.15, -0.1) is 0 Å². The van der Waals surface area contributed by atoms with E-state index in [-0.39, 0.29) is 10.9 Å².